The monoisotopic (exact) mass is 470 g/mol. The maximum Gasteiger partial charge on any atom is 0.294 e. The average molecular weight is 471 g/mol. The summed E-state index contributed by atoms with van der Waals surface area (Å²) >= 11 is 1.20. The van der Waals surface area contributed by atoms with E-state index in [0.717, 1.165) is 0 Å². The predicted octanol–water partition coefficient (Wildman–Crippen LogP) is 3.19. The maximum absolute atomic E-state index is 13.2. The number of amides is 1. The van der Waals surface area contributed by atoms with Crippen LogP contribution in [0.5, 0.6) is 5.75 Å². The molecule has 1 aliphatic rings. The van der Waals surface area contributed by atoms with Gasteiger partial charge >= 0.3 is 0 Å². The third-order valence-corrected chi connectivity index (χ3v) is 6.87. The lowest BCUT2D eigenvalue weighted by Gasteiger charge is -2.27. The number of rotatable bonds is 6. The lowest BCUT2D eigenvalue weighted by atomic mass is 9.95. The van der Waals surface area contributed by atoms with Crippen LogP contribution in [0.4, 0.5) is 5.69 Å². The molecule has 32 heavy (non-hydrogen) atoms. The fraction of sp³-hybridized carbons (Fsp3) is 0.0909. The minimum Gasteiger partial charge on any atom is -0.503 e. The minimum atomic E-state index is -3.92. The van der Waals surface area contributed by atoms with Gasteiger partial charge in [0.2, 0.25) is 15.8 Å². The zero-order chi connectivity index (χ0) is 23.0. The molecular formula is C22H18N2O6S2. The van der Waals surface area contributed by atoms with Crippen molar-refractivity contribution < 1.29 is 27.9 Å². The Kier molecular flexibility index (Phi) is 5.59. The van der Waals surface area contributed by atoms with Crippen molar-refractivity contribution in [3.63, 3.8) is 0 Å². The Morgan fingerprint density at radius 2 is 1.75 bits per heavy atom. The Balaban J connectivity index is 1.85. The minimum absolute atomic E-state index is 0.0573. The number of carbonyl (C=O) groups is 2. The molecule has 0 aliphatic carbocycles. The van der Waals surface area contributed by atoms with E-state index in [-0.39, 0.29) is 10.5 Å². The van der Waals surface area contributed by atoms with Gasteiger partial charge in [-0.3, -0.25) is 14.5 Å². The van der Waals surface area contributed by atoms with Gasteiger partial charge in [-0.2, -0.15) is 0 Å². The number of carbonyl (C=O) groups excluding carboxylic acids is 2. The molecular weight excluding hydrogens is 452 g/mol. The van der Waals surface area contributed by atoms with Crippen molar-refractivity contribution in [2.75, 3.05) is 12.0 Å². The van der Waals surface area contributed by atoms with Gasteiger partial charge in [-0.1, -0.05) is 18.2 Å². The fourth-order valence-electron chi connectivity index (χ4n) is 3.54. The zero-order valence-corrected chi connectivity index (χ0v) is 18.4. The topological polar surface area (TPSA) is 127 Å². The number of nitrogens with zero attached hydrogens (tertiary/aromatic N) is 1. The van der Waals surface area contributed by atoms with Gasteiger partial charge in [0.05, 0.1) is 28.5 Å². The van der Waals surface area contributed by atoms with Gasteiger partial charge in [0, 0.05) is 5.69 Å². The van der Waals surface area contributed by atoms with E-state index in [0.29, 0.717) is 21.9 Å². The van der Waals surface area contributed by atoms with E-state index < -0.39 is 33.5 Å². The molecule has 3 aromatic rings. The highest BCUT2D eigenvalue weighted by Gasteiger charge is 2.44. The number of ether oxygens (including phenoxy) is 1. The summed E-state index contributed by atoms with van der Waals surface area (Å²) in [5.74, 6) is -1.30. The summed E-state index contributed by atoms with van der Waals surface area (Å²) in [5.41, 5.74) is 0.806. The molecule has 2 heterocycles. The molecule has 0 fully saturated rings. The van der Waals surface area contributed by atoms with Crippen LogP contribution in [0.15, 0.2) is 82.3 Å². The SMILES string of the molecule is COc1ccc(C2C(C(=O)c3cccs3)=C(O)C(=O)N2c2ccc(S(N)(=O)=O)cc2)cc1. The molecule has 0 saturated carbocycles. The van der Waals surface area contributed by atoms with Gasteiger partial charge < -0.3 is 9.84 Å². The van der Waals surface area contributed by atoms with Gasteiger partial charge in [-0.15, -0.1) is 11.3 Å². The second kappa shape index (κ2) is 8.23. The number of benzene rings is 2. The van der Waals surface area contributed by atoms with E-state index in [1.807, 2.05) is 0 Å². The molecule has 1 atom stereocenters. The number of anilines is 1. The number of hydrogen-bond acceptors (Lipinski definition) is 7. The third-order valence-electron chi connectivity index (χ3n) is 5.07. The first-order chi connectivity index (χ1) is 15.2. The Bertz CT molecular complexity index is 1310. The first-order valence-electron chi connectivity index (χ1n) is 9.34. The van der Waals surface area contributed by atoms with Gasteiger partial charge in [0.1, 0.15) is 5.75 Å². The quantitative estimate of drug-likeness (QED) is 0.533. The van der Waals surface area contributed by atoms with E-state index in [4.69, 9.17) is 9.88 Å². The molecule has 8 nitrogen and oxygen atoms in total. The molecule has 1 amide bonds. The smallest absolute Gasteiger partial charge is 0.294 e. The summed E-state index contributed by atoms with van der Waals surface area (Å²) in [6, 6.07) is 14.5. The lowest BCUT2D eigenvalue weighted by molar-refractivity contribution is -0.117. The Morgan fingerprint density at radius 3 is 2.28 bits per heavy atom. The van der Waals surface area contributed by atoms with Crippen LogP contribution in [0.3, 0.4) is 0 Å². The number of sulfonamides is 1. The van der Waals surface area contributed by atoms with Crippen LogP contribution in [0.1, 0.15) is 21.3 Å². The molecule has 164 valence electrons. The average Bonchev–Trinajstić information content (AvgIpc) is 3.40. The Labute approximate surface area is 188 Å². The number of ketones is 1. The van der Waals surface area contributed by atoms with E-state index in [2.05, 4.69) is 0 Å². The van der Waals surface area contributed by atoms with Crippen molar-refractivity contribution in [1.82, 2.24) is 0 Å². The van der Waals surface area contributed by atoms with E-state index in [1.165, 1.54) is 47.6 Å². The molecule has 0 spiro atoms. The van der Waals surface area contributed by atoms with Crippen LogP contribution in [-0.2, 0) is 14.8 Å². The molecule has 4 rings (SSSR count). The van der Waals surface area contributed by atoms with Gasteiger partial charge in [-0.05, 0) is 53.4 Å². The van der Waals surface area contributed by atoms with E-state index in [9.17, 15) is 23.1 Å². The largest absolute Gasteiger partial charge is 0.503 e. The first-order valence-corrected chi connectivity index (χ1v) is 11.8. The van der Waals surface area contributed by atoms with Crippen molar-refractivity contribution in [2.45, 2.75) is 10.9 Å². The number of methoxy groups -OCH3 is 1. The van der Waals surface area contributed by atoms with Gasteiger partial charge in [-0.25, -0.2) is 13.6 Å². The molecule has 2 aromatic carbocycles. The van der Waals surface area contributed by atoms with Crippen LogP contribution in [0, 0.1) is 0 Å². The summed E-state index contributed by atoms with van der Waals surface area (Å²) < 4.78 is 28.4. The Morgan fingerprint density at radius 1 is 1.09 bits per heavy atom. The van der Waals surface area contributed by atoms with E-state index in [1.54, 1.807) is 41.8 Å². The normalized spacial score (nSPS) is 16.5. The van der Waals surface area contributed by atoms with Crippen LogP contribution in [0.2, 0.25) is 0 Å². The standard InChI is InChI=1S/C22H18N2O6S2/c1-30-15-8-4-13(5-9-15)19-18(20(25)17-3-2-12-31-17)21(26)22(27)24(19)14-6-10-16(11-7-14)32(23,28)29/h2-12,19,26H,1H3,(H2,23,28,29). The number of primary sulfonamides is 1. The number of hydrogen-bond donors (Lipinski definition) is 2. The fourth-order valence-corrected chi connectivity index (χ4v) is 4.74. The van der Waals surface area contributed by atoms with Crippen LogP contribution >= 0.6 is 11.3 Å². The molecule has 1 unspecified atom stereocenters. The highest BCUT2D eigenvalue weighted by Crippen LogP contribution is 2.42. The van der Waals surface area contributed by atoms with Crippen molar-refractivity contribution in [3.05, 3.63) is 87.8 Å². The van der Waals surface area contributed by atoms with Crippen LogP contribution < -0.4 is 14.8 Å². The maximum atomic E-state index is 13.2. The molecule has 0 radical (unpaired) electrons. The first kappa shape index (κ1) is 21.8. The summed E-state index contributed by atoms with van der Waals surface area (Å²) in [4.78, 5) is 27.8. The van der Waals surface area contributed by atoms with Crippen molar-refractivity contribution in [2.24, 2.45) is 5.14 Å². The number of aliphatic hydroxyl groups excluding tert-OH is 1. The number of thiophene rings is 1. The van der Waals surface area contributed by atoms with Crippen LogP contribution in [-0.4, -0.2) is 32.3 Å². The second-order valence-corrected chi connectivity index (χ2v) is 9.47. The van der Waals surface area contributed by atoms with Gasteiger partial charge in [0.25, 0.3) is 5.91 Å². The van der Waals surface area contributed by atoms with Crippen molar-refractivity contribution >= 4 is 38.7 Å². The molecule has 3 N–H and O–H groups in total. The third kappa shape index (κ3) is 3.79. The summed E-state index contributed by atoms with van der Waals surface area (Å²) in [5, 5.41) is 17.6. The van der Waals surface area contributed by atoms with E-state index >= 15 is 0 Å². The second-order valence-electron chi connectivity index (χ2n) is 6.96. The molecule has 0 bridgehead atoms. The summed E-state index contributed by atoms with van der Waals surface area (Å²) in [6.45, 7) is 0. The van der Waals surface area contributed by atoms with Crippen molar-refractivity contribution in [3.8, 4) is 5.75 Å². The molecule has 0 saturated heterocycles. The lowest BCUT2D eigenvalue weighted by Crippen LogP contribution is -2.31. The summed E-state index contributed by atoms with van der Waals surface area (Å²) in [6.07, 6.45) is 0. The number of aliphatic hydroxyl groups is 1. The Hall–Kier alpha value is -3.47. The predicted molar refractivity (Wildman–Crippen MR) is 119 cm³/mol. The zero-order valence-electron chi connectivity index (χ0n) is 16.8. The van der Waals surface area contributed by atoms with Crippen molar-refractivity contribution in [1.29, 1.82) is 0 Å². The molecule has 10 heteroatoms. The number of Topliss-reactive ketones (excluding diaryl/α,β-unsaturated/α-hetero) is 1. The highest BCUT2D eigenvalue weighted by molar-refractivity contribution is 7.89. The van der Waals surface area contributed by atoms with Crippen LogP contribution in [0.25, 0.3) is 0 Å². The highest BCUT2D eigenvalue weighted by atomic mass is 32.2. The number of nitrogens with two attached hydrogens (primary N) is 1. The molecule has 1 aliphatic heterocycles. The summed E-state index contributed by atoms with van der Waals surface area (Å²) in [7, 11) is -2.41. The van der Waals surface area contributed by atoms with Gasteiger partial charge in [0.15, 0.2) is 5.76 Å². The molecule has 1 aromatic heterocycles.